The molecule has 6 heteroatoms. The van der Waals surface area contributed by atoms with Gasteiger partial charge in [-0.1, -0.05) is 38.0 Å². The van der Waals surface area contributed by atoms with E-state index in [1.54, 1.807) is 49.6 Å². The van der Waals surface area contributed by atoms with Gasteiger partial charge in [0.15, 0.2) is 0 Å². The fourth-order valence-corrected chi connectivity index (χ4v) is 2.62. The van der Waals surface area contributed by atoms with Gasteiger partial charge in [0.05, 0.1) is 18.8 Å². The van der Waals surface area contributed by atoms with E-state index in [0.29, 0.717) is 42.3 Å². The highest BCUT2D eigenvalue weighted by molar-refractivity contribution is 6.06. The van der Waals surface area contributed by atoms with Gasteiger partial charge >= 0.3 is 0 Å². The molecule has 0 saturated heterocycles. The Bertz CT molecular complexity index is 777. The van der Waals surface area contributed by atoms with Crippen molar-refractivity contribution in [3.05, 3.63) is 59.7 Å². The van der Waals surface area contributed by atoms with Crippen molar-refractivity contribution in [1.29, 1.82) is 0 Å². The van der Waals surface area contributed by atoms with Crippen molar-refractivity contribution < 1.29 is 19.1 Å². The Morgan fingerprint density at radius 2 is 1.79 bits per heavy atom. The number of nitrogens with one attached hydrogen (secondary N) is 2. The van der Waals surface area contributed by atoms with Crippen molar-refractivity contribution in [1.82, 2.24) is 5.32 Å². The Morgan fingerprint density at radius 1 is 0.964 bits per heavy atom. The Kier molecular flexibility index (Phi) is 9.01. The molecule has 0 bridgehead atoms. The van der Waals surface area contributed by atoms with Crippen LogP contribution in [0.1, 0.15) is 46.9 Å². The number of ether oxygens (including phenoxy) is 2. The first-order chi connectivity index (χ1) is 13.7. The first kappa shape index (κ1) is 21.4. The summed E-state index contributed by atoms with van der Waals surface area (Å²) in [6.07, 6.45) is 3.15. The van der Waals surface area contributed by atoms with Gasteiger partial charge in [0.1, 0.15) is 5.75 Å². The van der Waals surface area contributed by atoms with Crippen LogP contribution in [0.2, 0.25) is 0 Å². The average Bonchev–Trinajstić information content (AvgIpc) is 2.72. The van der Waals surface area contributed by atoms with Crippen LogP contribution in [0.5, 0.6) is 5.75 Å². The number of hydrogen-bond donors (Lipinski definition) is 2. The van der Waals surface area contributed by atoms with Crippen molar-refractivity contribution in [2.45, 2.75) is 26.2 Å². The van der Waals surface area contributed by atoms with Gasteiger partial charge < -0.3 is 20.1 Å². The third-order valence-electron chi connectivity index (χ3n) is 4.11. The first-order valence-electron chi connectivity index (χ1n) is 9.56. The third-order valence-corrected chi connectivity index (χ3v) is 4.11. The number of carbonyl (C=O) groups excluding carboxylic acids is 2. The second kappa shape index (κ2) is 11.8. The number of hydrogen-bond acceptors (Lipinski definition) is 4. The van der Waals surface area contributed by atoms with Crippen molar-refractivity contribution in [2.75, 3.05) is 32.2 Å². The van der Waals surface area contributed by atoms with E-state index in [9.17, 15) is 9.59 Å². The van der Waals surface area contributed by atoms with Gasteiger partial charge in [-0.25, -0.2) is 0 Å². The number of amides is 2. The first-order valence-corrected chi connectivity index (χ1v) is 9.56. The Hall–Kier alpha value is -2.86. The molecular weight excluding hydrogens is 356 g/mol. The van der Waals surface area contributed by atoms with Crippen molar-refractivity contribution in [3.8, 4) is 5.75 Å². The van der Waals surface area contributed by atoms with Crippen LogP contribution >= 0.6 is 0 Å². The zero-order valence-corrected chi connectivity index (χ0v) is 16.5. The molecule has 0 spiro atoms. The maximum atomic E-state index is 12.7. The fourth-order valence-electron chi connectivity index (χ4n) is 2.62. The normalized spacial score (nSPS) is 10.4. The van der Waals surface area contributed by atoms with Gasteiger partial charge in [-0.05, 0) is 36.8 Å². The topological polar surface area (TPSA) is 76.7 Å². The molecule has 2 aromatic carbocycles. The average molecular weight is 384 g/mol. The zero-order chi connectivity index (χ0) is 20.2. The molecule has 2 amide bonds. The number of rotatable bonds is 11. The quantitative estimate of drug-likeness (QED) is 0.577. The Morgan fingerprint density at radius 3 is 2.57 bits per heavy atom. The maximum absolute atomic E-state index is 12.7. The lowest BCUT2D eigenvalue weighted by molar-refractivity contribution is 0.0936. The molecule has 0 aliphatic heterocycles. The fraction of sp³-hybridized carbons (Fsp3) is 0.364. The van der Waals surface area contributed by atoms with Gasteiger partial charge in [-0.15, -0.1) is 0 Å². The molecule has 0 aliphatic rings. The molecule has 6 nitrogen and oxygen atoms in total. The molecule has 2 aromatic rings. The number of benzene rings is 2. The molecule has 0 saturated carbocycles. The molecule has 28 heavy (non-hydrogen) atoms. The van der Waals surface area contributed by atoms with Crippen LogP contribution < -0.4 is 15.4 Å². The number of unbranched alkanes of at least 4 members (excludes halogenated alkanes) is 2. The molecule has 0 aliphatic carbocycles. The largest absolute Gasteiger partial charge is 0.493 e. The second-order valence-corrected chi connectivity index (χ2v) is 6.34. The van der Waals surface area contributed by atoms with Crippen LogP contribution in [0.3, 0.4) is 0 Å². The molecule has 0 unspecified atom stereocenters. The van der Waals surface area contributed by atoms with E-state index in [2.05, 4.69) is 17.6 Å². The number of para-hydroxylation sites is 1. The number of carbonyl (C=O) groups is 2. The SMILES string of the molecule is CCCCCOc1ccccc1C(=O)Nc1cccc(C(=O)NCCOC)c1. The minimum absolute atomic E-state index is 0.215. The molecule has 2 rings (SSSR count). The smallest absolute Gasteiger partial charge is 0.259 e. The summed E-state index contributed by atoms with van der Waals surface area (Å²) in [5, 5.41) is 5.60. The monoisotopic (exact) mass is 384 g/mol. The van der Waals surface area contributed by atoms with Gasteiger partial charge in [-0.2, -0.15) is 0 Å². The standard InChI is InChI=1S/C22H28N2O4/c1-3-4-7-14-28-20-12-6-5-11-19(20)22(26)24-18-10-8-9-17(16-18)21(25)23-13-15-27-2/h5-6,8-12,16H,3-4,7,13-15H2,1-2H3,(H,23,25)(H,24,26). The Labute approximate surface area is 166 Å². The molecular formula is C22H28N2O4. The van der Waals surface area contributed by atoms with Gasteiger partial charge in [0.25, 0.3) is 11.8 Å². The number of anilines is 1. The van der Waals surface area contributed by atoms with E-state index < -0.39 is 0 Å². The highest BCUT2D eigenvalue weighted by Gasteiger charge is 2.13. The summed E-state index contributed by atoms with van der Waals surface area (Å²) in [6.45, 7) is 3.58. The minimum atomic E-state index is -0.275. The lowest BCUT2D eigenvalue weighted by Crippen LogP contribution is -2.27. The minimum Gasteiger partial charge on any atom is -0.493 e. The third kappa shape index (κ3) is 6.70. The summed E-state index contributed by atoms with van der Waals surface area (Å²) >= 11 is 0. The molecule has 0 radical (unpaired) electrons. The molecule has 150 valence electrons. The summed E-state index contributed by atoms with van der Waals surface area (Å²) in [4.78, 5) is 24.9. The highest BCUT2D eigenvalue weighted by Crippen LogP contribution is 2.20. The summed E-state index contributed by atoms with van der Waals surface area (Å²) in [6, 6.07) is 14.0. The second-order valence-electron chi connectivity index (χ2n) is 6.34. The molecule has 0 fully saturated rings. The van der Waals surface area contributed by atoms with Crippen LogP contribution in [-0.2, 0) is 4.74 Å². The van der Waals surface area contributed by atoms with Crippen LogP contribution in [-0.4, -0.2) is 38.7 Å². The lowest BCUT2D eigenvalue weighted by Gasteiger charge is -2.12. The van der Waals surface area contributed by atoms with E-state index in [0.717, 1.165) is 19.3 Å². The van der Waals surface area contributed by atoms with Crippen LogP contribution in [0, 0.1) is 0 Å². The lowest BCUT2D eigenvalue weighted by atomic mass is 10.1. The number of methoxy groups -OCH3 is 1. The van der Waals surface area contributed by atoms with Crippen molar-refractivity contribution in [2.24, 2.45) is 0 Å². The van der Waals surface area contributed by atoms with Crippen LogP contribution in [0.4, 0.5) is 5.69 Å². The molecule has 0 atom stereocenters. The Balaban J connectivity index is 2.03. The van der Waals surface area contributed by atoms with E-state index in [4.69, 9.17) is 9.47 Å². The molecule has 0 heterocycles. The van der Waals surface area contributed by atoms with Crippen molar-refractivity contribution >= 4 is 17.5 Å². The van der Waals surface area contributed by atoms with E-state index >= 15 is 0 Å². The van der Waals surface area contributed by atoms with Gasteiger partial charge in [0, 0.05) is 24.9 Å². The van der Waals surface area contributed by atoms with Crippen molar-refractivity contribution in [3.63, 3.8) is 0 Å². The van der Waals surface area contributed by atoms with Gasteiger partial charge in [0.2, 0.25) is 0 Å². The van der Waals surface area contributed by atoms with E-state index in [-0.39, 0.29) is 11.8 Å². The van der Waals surface area contributed by atoms with E-state index in [1.807, 2.05) is 6.07 Å². The zero-order valence-electron chi connectivity index (χ0n) is 16.5. The highest BCUT2D eigenvalue weighted by atomic mass is 16.5. The summed E-state index contributed by atoms with van der Waals surface area (Å²) in [5.74, 6) is 0.0698. The molecule has 0 aromatic heterocycles. The summed E-state index contributed by atoms with van der Waals surface area (Å²) in [5.41, 5.74) is 1.48. The molecule has 2 N–H and O–H groups in total. The predicted molar refractivity (Wildman–Crippen MR) is 110 cm³/mol. The maximum Gasteiger partial charge on any atom is 0.259 e. The summed E-state index contributed by atoms with van der Waals surface area (Å²) in [7, 11) is 1.58. The predicted octanol–water partition coefficient (Wildman–Crippen LogP) is 3.88. The van der Waals surface area contributed by atoms with Crippen LogP contribution in [0.15, 0.2) is 48.5 Å². The summed E-state index contributed by atoms with van der Waals surface area (Å²) < 4.78 is 10.7. The van der Waals surface area contributed by atoms with E-state index in [1.165, 1.54) is 0 Å². The van der Waals surface area contributed by atoms with Gasteiger partial charge in [-0.3, -0.25) is 9.59 Å². The van der Waals surface area contributed by atoms with Crippen LogP contribution in [0.25, 0.3) is 0 Å².